The van der Waals surface area contributed by atoms with Gasteiger partial charge in [0, 0.05) is 4.88 Å². The number of nitrogens with two attached hydrogens (primary N) is 1. The van der Waals surface area contributed by atoms with Crippen molar-refractivity contribution in [2.75, 3.05) is 5.32 Å². The second-order valence-electron chi connectivity index (χ2n) is 7.46. The number of aryl methyl sites for hydroxylation is 1. The number of carbonyl (C=O) groups is 3. The molecule has 1 aromatic heterocycles. The van der Waals surface area contributed by atoms with Crippen LogP contribution in [0.3, 0.4) is 0 Å². The van der Waals surface area contributed by atoms with Gasteiger partial charge in [-0.25, -0.2) is 0 Å². The summed E-state index contributed by atoms with van der Waals surface area (Å²) in [5, 5.41) is 12.7. The zero-order valence-electron chi connectivity index (χ0n) is 15.4. The standard InChI is InChI=1S/C21H22N2O4S/c22-18(24)16-15-10-9-11-5-1-2-6-12(11)17(15)28-20(16)23-19(25)13-7-3-4-8-14(13)21(26)27/h1-2,5-6,13-14H,3-4,7-10H2,(H2,22,24)(H,23,25)(H,26,27). The molecule has 0 aliphatic heterocycles. The molecule has 1 heterocycles. The van der Waals surface area contributed by atoms with Crippen LogP contribution in [-0.2, 0) is 22.4 Å². The summed E-state index contributed by atoms with van der Waals surface area (Å²) in [4.78, 5) is 37.6. The number of primary amides is 1. The second-order valence-corrected chi connectivity index (χ2v) is 8.48. The minimum absolute atomic E-state index is 0.332. The van der Waals surface area contributed by atoms with Crippen molar-refractivity contribution in [3.8, 4) is 10.4 Å². The molecule has 7 heteroatoms. The Hall–Kier alpha value is -2.67. The quantitative estimate of drug-likeness (QED) is 0.733. The Bertz CT molecular complexity index is 965. The molecule has 0 bridgehead atoms. The molecule has 146 valence electrons. The molecular formula is C21H22N2O4S. The molecule has 2 atom stereocenters. The number of carbonyl (C=O) groups excluding carboxylic acids is 2. The molecule has 2 amide bonds. The lowest BCUT2D eigenvalue weighted by atomic mass is 9.78. The largest absolute Gasteiger partial charge is 0.481 e. The zero-order chi connectivity index (χ0) is 19.8. The van der Waals surface area contributed by atoms with E-state index in [-0.39, 0.29) is 5.91 Å². The van der Waals surface area contributed by atoms with E-state index in [1.807, 2.05) is 18.2 Å². The summed E-state index contributed by atoms with van der Waals surface area (Å²) in [6.45, 7) is 0. The third-order valence-electron chi connectivity index (χ3n) is 5.82. The Balaban J connectivity index is 1.69. The van der Waals surface area contributed by atoms with E-state index in [1.165, 1.54) is 16.9 Å². The summed E-state index contributed by atoms with van der Waals surface area (Å²) >= 11 is 1.35. The molecule has 1 saturated carbocycles. The van der Waals surface area contributed by atoms with Crippen LogP contribution in [0.5, 0.6) is 0 Å². The van der Waals surface area contributed by atoms with Crippen molar-refractivity contribution in [3.63, 3.8) is 0 Å². The van der Waals surface area contributed by atoms with E-state index >= 15 is 0 Å². The van der Waals surface area contributed by atoms with Crippen LogP contribution in [0.1, 0.15) is 47.2 Å². The summed E-state index contributed by atoms with van der Waals surface area (Å²) in [5.41, 5.74) is 9.18. The molecule has 2 aliphatic rings. The number of nitrogens with one attached hydrogen (secondary N) is 1. The fraction of sp³-hybridized carbons (Fsp3) is 0.381. The summed E-state index contributed by atoms with van der Waals surface area (Å²) in [5.74, 6) is -3.10. The van der Waals surface area contributed by atoms with E-state index in [0.29, 0.717) is 29.8 Å². The topological polar surface area (TPSA) is 109 Å². The molecule has 1 aromatic carbocycles. The van der Waals surface area contributed by atoms with E-state index in [9.17, 15) is 19.5 Å². The van der Waals surface area contributed by atoms with Crippen molar-refractivity contribution < 1.29 is 19.5 Å². The summed E-state index contributed by atoms with van der Waals surface area (Å²) in [7, 11) is 0. The molecule has 2 aliphatic carbocycles. The molecule has 0 saturated heterocycles. The Morgan fingerprint density at radius 3 is 2.50 bits per heavy atom. The van der Waals surface area contributed by atoms with Crippen LogP contribution in [0.4, 0.5) is 5.00 Å². The maximum atomic E-state index is 12.9. The first-order valence-electron chi connectivity index (χ1n) is 9.54. The van der Waals surface area contributed by atoms with Crippen molar-refractivity contribution in [2.24, 2.45) is 17.6 Å². The fourth-order valence-electron chi connectivity index (χ4n) is 4.43. The minimum Gasteiger partial charge on any atom is -0.481 e. The molecule has 0 radical (unpaired) electrons. The minimum atomic E-state index is -0.936. The first-order chi connectivity index (χ1) is 13.5. The predicted molar refractivity (Wildman–Crippen MR) is 107 cm³/mol. The maximum Gasteiger partial charge on any atom is 0.307 e. The summed E-state index contributed by atoms with van der Waals surface area (Å²) in [6, 6.07) is 8.03. The number of carboxylic acid groups (broad SMARTS) is 1. The van der Waals surface area contributed by atoms with Crippen molar-refractivity contribution in [3.05, 3.63) is 41.0 Å². The number of anilines is 1. The average molecular weight is 398 g/mol. The normalized spacial score (nSPS) is 20.7. The Kier molecular flexibility index (Phi) is 4.93. The van der Waals surface area contributed by atoms with Crippen LogP contribution in [0.2, 0.25) is 0 Å². The predicted octanol–water partition coefficient (Wildman–Crippen LogP) is 3.44. The van der Waals surface area contributed by atoms with Crippen LogP contribution in [0.25, 0.3) is 10.4 Å². The van der Waals surface area contributed by atoms with Gasteiger partial charge in [-0.2, -0.15) is 0 Å². The van der Waals surface area contributed by atoms with Crippen molar-refractivity contribution in [1.82, 2.24) is 0 Å². The lowest BCUT2D eigenvalue weighted by molar-refractivity contribution is -0.147. The van der Waals surface area contributed by atoms with Gasteiger partial charge in [0.1, 0.15) is 5.00 Å². The summed E-state index contributed by atoms with van der Waals surface area (Å²) < 4.78 is 0. The van der Waals surface area contributed by atoms with Crippen molar-refractivity contribution >= 4 is 34.1 Å². The molecular weight excluding hydrogens is 376 g/mol. The lowest BCUT2D eigenvalue weighted by Crippen LogP contribution is -2.36. The highest BCUT2D eigenvalue weighted by Crippen LogP contribution is 2.45. The molecule has 1 fully saturated rings. The molecule has 4 N–H and O–H groups in total. The van der Waals surface area contributed by atoms with E-state index in [2.05, 4.69) is 11.4 Å². The van der Waals surface area contributed by atoms with Crippen LogP contribution >= 0.6 is 11.3 Å². The lowest BCUT2D eigenvalue weighted by Gasteiger charge is -2.27. The number of amides is 2. The number of hydrogen-bond donors (Lipinski definition) is 3. The monoisotopic (exact) mass is 398 g/mol. The van der Waals surface area contributed by atoms with E-state index in [0.717, 1.165) is 35.3 Å². The van der Waals surface area contributed by atoms with Crippen LogP contribution in [0.15, 0.2) is 24.3 Å². The first kappa shape index (κ1) is 18.7. The van der Waals surface area contributed by atoms with Crippen molar-refractivity contribution in [2.45, 2.75) is 38.5 Å². The number of aliphatic carboxylic acids is 1. The van der Waals surface area contributed by atoms with E-state index < -0.39 is 23.7 Å². The highest BCUT2D eigenvalue weighted by atomic mass is 32.1. The highest BCUT2D eigenvalue weighted by Gasteiger charge is 2.37. The van der Waals surface area contributed by atoms with Gasteiger partial charge in [-0.05, 0) is 42.4 Å². The number of carboxylic acids is 1. The molecule has 2 aromatic rings. The van der Waals surface area contributed by atoms with Gasteiger partial charge < -0.3 is 16.2 Å². The van der Waals surface area contributed by atoms with Gasteiger partial charge in [-0.1, -0.05) is 37.1 Å². The van der Waals surface area contributed by atoms with E-state index in [1.54, 1.807) is 0 Å². The number of benzene rings is 1. The van der Waals surface area contributed by atoms with E-state index in [4.69, 9.17) is 5.73 Å². The van der Waals surface area contributed by atoms with Gasteiger partial charge >= 0.3 is 5.97 Å². The molecule has 4 rings (SSSR count). The Labute approximate surface area is 166 Å². The Morgan fingerprint density at radius 1 is 1.07 bits per heavy atom. The third-order valence-corrected chi connectivity index (χ3v) is 7.00. The third kappa shape index (κ3) is 3.20. The van der Waals surface area contributed by atoms with Crippen LogP contribution in [0, 0.1) is 11.8 Å². The van der Waals surface area contributed by atoms with Gasteiger partial charge in [-0.3, -0.25) is 14.4 Å². The zero-order valence-corrected chi connectivity index (χ0v) is 16.2. The highest BCUT2D eigenvalue weighted by molar-refractivity contribution is 7.20. The van der Waals surface area contributed by atoms with Gasteiger partial charge in [0.25, 0.3) is 5.91 Å². The Morgan fingerprint density at radius 2 is 1.79 bits per heavy atom. The van der Waals surface area contributed by atoms with Gasteiger partial charge in [0.15, 0.2) is 0 Å². The number of rotatable bonds is 4. The van der Waals surface area contributed by atoms with Crippen LogP contribution in [-0.4, -0.2) is 22.9 Å². The molecule has 2 unspecified atom stereocenters. The molecule has 6 nitrogen and oxygen atoms in total. The smallest absolute Gasteiger partial charge is 0.307 e. The average Bonchev–Trinajstić information content (AvgIpc) is 3.06. The van der Waals surface area contributed by atoms with Gasteiger partial charge in [-0.15, -0.1) is 11.3 Å². The molecule has 0 spiro atoms. The van der Waals surface area contributed by atoms with Gasteiger partial charge in [0.2, 0.25) is 5.91 Å². The fourth-order valence-corrected chi connectivity index (χ4v) is 5.75. The van der Waals surface area contributed by atoms with Crippen molar-refractivity contribution in [1.29, 1.82) is 0 Å². The summed E-state index contributed by atoms with van der Waals surface area (Å²) in [6.07, 6.45) is 4.21. The number of fused-ring (bicyclic) bond motifs is 3. The second kappa shape index (κ2) is 7.39. The van der Waals surface area contributed by atoms with Crippen LogP contribution < -0.4 is 11.1 Å². The van der Waals surface area contributed by atoms with Gasteiger partial charge in [0.05, 0.1) is 17.4 Å². The maximum absolute atomic E-state index is 12.9. The molecule has 28 heavy (non-hydrogen) atoms. The number of hydrogen-bond acceptors (Lipinski definition) is 4. The number of thiophene rings is 1. The SMILES string of the molecule is NC(=O)c1c(NC(=O)C2CCCCC2C(=O)O)sc2c1CCc1ccccc1-2. The first-order valence-corrected chi connectivity index (χ1v) is 10.4.